The molecular formula is C18H18N2O2. The molecule has 2 aromatic rings. The summed E-state index contributed by atoms with van der Waals surface area (Å²) in [6.07, 6.45) is 0.499. The van der Waals surface area contributed by atoms with Gasteiger partial charge in [0.2, 0.25) is 0 Å². The van der Waals surface area contributed by atoms with E-state index in [0.717, 1.165) is 16.9 Å². The fourth-order valence-electron chi connectivity index (χ4n) is 2.74. The Morgan fingerprint density at radius 2 is 1.82 bits per heavy atom. The smallest absolute Gasteiger partial charge is 0.258 e. The molecule has 2 atom stereocenters. The average molecular weight is 294 g/mol. The topological polar surface area (TPSA) is 52.6 Å². The summed E-state index contributed by atoms with van der Waals surface area (Å²) in [5, 5.41) is 13.8. The first kappa shape index (κ1) is 14.4. The number of rotatable bonds is 3. The van der Waals surface area contributed by atoms with Gasteiger partial charge in [-0.1, -0.05) is 48.5 Å². The van der Waals surface area contributed by atoms with E-state index < -0.39 is 12.1 Å². The number of aliphatic hydroxyl groups is 1. The van der Waals surface area contributed by atoms with Gasteiger partial charge in [0.15, 0.2) is 6.10 Å². The van der Waals surface area contributed by atoms with E-state index in [-0.39, 0.29) is 5.91 Å². The molecule has 1 aliphatic heterocycles. The summed E-state index contributed by atoms with van der Waals surface area (Å²) in [6.45, 7) is 4.06. The number of carbonyl (C=O) groups is 1. The van der Waals surface area contributed by atoms with Crippen LogP contribution in [0.3, 0.4) is 0 Å². The summed E-state index contributed by atoms with van der Waals surface area (Å²) in [6, 6.07) is 16.6. The average Bonchev–Trinajstić information content (AvgIpc) is 2.67. The third kappa shape index (κ3) is 2.49. The number of benzene rings is 2. The van der Waals surface area contributed by atoms with Crippen LogP contribution in [0.25, 0.3) is 0 Å². The quantitative estimate of drug-likeness (QED) is 0.856. The summed E-state index contributed by atoms with van der Waals surface area (Å²) in [4.78, 5) is 14.2. The Morgan fingerprint density at radius 1 is 1.14 bits per heavy atom. The first-order valence-electron chi connectivity index (χ1n) is 7.23. The summed E-state index contributed by atoms with van der Waals surface area (Å²) in [5.41, 5.74) is 2.45. The van der Waals surface area contributed by atoms with E-state index in [1.807, 2.05) is 54.6 Å². The molecule has 3 rings (SSSR count). The molecule has 0 aromatic heterocycles. The molecule has 0 bridgehead atoms. The summed E-state index contributed by atoms with van der Waals surface area (Å²) < 4.78 is 0. The van der Waals surface area contributed by atoms with E-state index in [0.29, 0.717) is 6.54 Å². The zero-order valence-electron chi connectivity index (χ0n) is 12.1. The second-order valence-electron chi connectivity index (χ2n) is 5.23. The maximum Gasteiger partial charge on any atom is 0.258 e. The Morgan fingerprint density at radius 3 is 2.55 bits per heavy atom. The second-order valence-corrected chi connectivity index (χ2v) is 5.23. The molecule has 22 heavy (non-hydrogen) atoms. The highest BCUT2D eigenvalue weighted by molar-refractivity contribution is 6.01. The predicted octanol–water partition coefficient (Wildman–Crippen LogP) is 2.73. The van der Waals surface area contributed by atoms with Gasteiger partial charge in [-0.15, -0.1) is 6.58 Å². The Labute approximate surface area is 129 Å². The molecule has 0 saturated heterocycles. The molecule has 0 unspecified atom stereocenters. The van der Waals surface area contributed by atoms with Gasteiger partial charge >= 0.3 is 0 Å². The SMILES string of the molecule is C=CCN1C(=O)[C@@H](O)[C@H](c2ccccc2)Nc2ccccc21. The van der Waals surface area contributed by atoms with Crippen LogP contribution in [0.5, 0.6) is 0 Å². The van der Waals surface area contributed by atoms with Crippen LogP contribution in [0.1, 0.15) is 11.6 Å². The van der Waals surface area contributed by atoms with Crippen molar-refractivity contribution in [2.24, 2.45) is 0 Å². The Kier molecular flexibility index (Phi) is 3.94. The standard InChI is InChI=1S/C18H18N2O2/c1-2-12-20-15-11-7-6-10-14(15)19-16(17(21)18(20)22)13-8-4-3-5-9-13/h2-11,16-17,19,21H,1,12H2/t16-,17-/m0/s1. The van der Waals surface area contributed by atoms with Crippen molar-refractivity contribution in [1.82, 2.24) is 0 Å². The lowest BCUT2D eigenvalue weighted by Gasteiger charge is -2.23. The molecule has 2 aromatic carbocycles. The summed E-state index contributed by atoms with van der Waals surface area (Å²) in [7, 11) is 0. The van der Waals surface area contributed by atoms with Gasteiger partial charge in [-0.05, 0) is 17.7 Å². The molecule has 0 saturated carbocycles. The van der Waals surface area contributed by atoms with Crippen LogP contribution in [0.15, 0.2) is 67.3 Å². The van der Waals surface area contributed by atoms with E-state index in [9.17, 15) is 9.90 Å². The highest BCUT2D eigenvalue weighted by Crippen LogP contribution is 2.35. The molecule has 1 aliphatic rings. The van der Waals surface area contributed by atoms with Crippen LogP contribution in [0.4, 0.5) is 11.4 Å². The maximum atomic E-state index is 12.7. The highest BCUT2D eigenvalue weighted by atomic mass is 16.3. The fraction of sp³-hybridized carbons (Fsp3) is 0.167. The number of aliphatic hydroxyl groups excluding tert-OH is 1. The van der Waals surface area contributed by atoms with Crippen LogP contribution in [-0.2, 0) is 4.79 Å². The minimum absolute atomic E-state index is 0.328. The van der Waals surface area contributed by atoms with Gasteiger partial charge < -0.3 is 15.3 Å². The summed E-state index contributed by atoms with van der Waals surface area (Å²) >= 11 is 0. The van der Waals surface area contributed by atoms with Gasteiger partial charge in [0.05, 0.1) is 17.4 Å². The van der Waals surface area contributed by atoms with Crippen LogP contribution < -0.4 is 10.2 Å². The van der Waals surface area contributed by atoms with Gasteiger partial charge in [-0.3, -0.25) is 4.79 Å². The molecule has 1 heterocycles. The van der Waals surface area contributed by atoms with E-state index in [1.165, 1.54) is 0 Å². The Balaban J connectivity index is 2.08. The third-order valence-electron chi connectivity index (χ3n) is 3.81. The zero-order chi connectivity index (χ0) is 15.5. The lowest BCUT2D eigenvalue weighted by molar-refractivity contribution is -0.127. The van der Waals surface area contributed by atoms with Crippen molar-refractivity contribution in [2.45, 2.75) is 12.1 Å². The number of nitrogens with one attached hydrogen (secondary N) is 1. The van der Waals surface area contributed by atoms with Crippen molar-refractivity contribution >= 4 is 17.3 Å². The number of nitrogens with zero attached hydrogens (tertiary/aromatic N) is 1. The van der Waals surface area contributed by atoms with Gasteiger partial charge in [-0.2, -0.15) is 0 Å². The number of carbonyl (C=O) groups excluding carboxylic acids is 1. The number of hydrogen-bond acceptors (Lipinski definition) is 3. The minimum Gasteiger partial charge on any atom is -0.381 e. The number of hydrogen-bond donors (Lipinski definition) is 2. The van der Waals surface area contributed by atoms with Crippen molar-refractivity contribution < 1.29 is 9.90 Å². The van der Waals surface area contributed by atoms with Crippen LogP contribution in [0, 0.1) is 0 Å². The van der Waals surface area contributed by atoms with Crippen molar-refractivity contribution in [3.63, 3.8) is 0 Å². The monoisotopic (exact) mass is 294 g/mol. The molecule has 0 radical (unpaired) electrons. The number of amides is 1. The number of fused-ring (bicyclic) bond motifs is 1. The lowest BCUT2D eigenvalue weighted by Crippen LogP contribution is -2.41. The van der Waals surface area contributed by atoms with Crippen molar-refractivity contribution in [3.05, 3.63) is 72.8 Å². The molecule has 0 fully saturated rings. The van der Waals surface area contributed by atoms with Gasteiger partial charge in [0.1, 0.15) is 0 Å². The molecule has 4 heteroatoms. The predicted molar refractivity (Wildman–Crippen MR) is 87.8 cm³/mol. The first-order chi connectivity index (χ1) is 10.7. The maximum absolute atomic E-state index is 12.7. The van der Waals surface area contributed by atoms with E-state index in [2.05, 4.69) is 11.9 Å². The Hall–Kier alpha value is -2.59. The largest absolute Gasteiger partial charge is 0.381 e. The molecule has 4 nitrogen and oxygen atoms in total. The van der Waals surface area contributed by atoms with E-state index in [4.69, 9.17) is 0 Å². The van der Waals surface area contributed by atoms with Gasteiger partial charge in [0.25, 0.3) is 5.91 Å². The van der Waals surface area contributed by atoms with Crippen molar-refractivity contribution in [1.29, 1.82) is 0 Å². The first-order valence-corrected chi connectivity index (χ1v) is 7.23. The van der Waals surface area contributed by atoms with E-state index in [1.54, 1.807) is 11.0 Å². The molecule has 112 valence electrons. The lowest BCUT2D eigenvalue weighted by atomic mass is 10.0. The number of para-hydroxylation sites is 2. The van der Waals surface area contributed by atoms with Crippen LogP contribution in [-0.4, -0.2) is 23.7 Å². The highest BCUT2D eigenvalue weighted by Gasteiger charge is 2.35. The third-order valence-corrected chi connectivity index (χ3v) is 3.81. The molecule has 0 spiro atoms. The van der Waals surface area contributed by atoms with Crippen molar-refractivity contribution in [2.75, 3.05) is 16.8 Å². The fourth-order valence-corrected chi connectivity index (χ4v) is 2.74. The summed E-state index contributed by atoms with van der Waals surface area (Å²) in [5.74, 6) is -0.328. The van der Waals surface area contributed by atoms with E-state index >= 15 is 0 Å². The van der Waals surface area contributed by atoms with Crippen LogP contribution in [0.2, 0.25) is 0 Å². The normalized spacial score (nSPS) is 20.8. The van der Waals surface area contributed by atoms with Crippen molar-refractivity contribution in [3.8, 4) is 0 Å². The van der Waals surface area contributed by atoms with Gasteiger partial charge in [-0.25, -0.2) is 0 Å². The number of anilines is 2. The van der Waals surface area contributed by atoms with Crippen LogP contribution >= 0.6 is 0 Å². The second kappa shape index (κ2) is 6.03. The molecule has 0 aliphatic carbocycles. The molecule has 1 amide bonds. The minimum atomic E-state index is -1.16. The molecular weight excluding hydrogens is 276 g/mol. The zero-order valence-corrected chi connectivity index (χ0v) is 12.1. The Bertz CT molecular complexity index is 684. The molecule has 2 N–H and O–H groups in total. The van der Waals surface area contributed by atoms with Gasteiger partial charge in [0, 0.05) is 6.54 Å².